The molecular formula is C14H14BrNOS. The monoisotopic (exact) mass is 323 g/mol. The molecule has 0 aliphatic carbocycles. The normalized spacial score (nSPS) is 10.3. The predicted octanol–water partition coefficient (Wildman–Crippen LogP) is 4.33. The van der Waals surface area contributed by atoms with Crippen molar-refractivity contribution in [1.82, 2.24) is 0 Å². The molecule has 0 aromatic heterocycles. The SMILES string of the molecule is COc1ccccc1CSc1ccc(Br)cc1N. The van der Waals surface area contributed by atoms with Crippen molar-refractivity contribution < 1.29 is 4.74 Å². The highest BCUT2D eigenvalue weighted by Gasteiger charge is 2.05. The Kier molecular flexibility index (Phi) is 4.55. The summed E-state index contributed by atoms with van der Waals surface area (Å²) in [6.07, 6.45) is 0. The summed E-state index contributed by atoms with van der Waals surface area (Å²) in [5.74, 6) is 1.76. The third-order valence-electron chi connectivity index (χ3n) is 2.55. The lowest BCUT2D eigenvalue weighted by atomic mass is 10.2. The minimum absolute atomic E-state index is 0.796. The Balaban J connectivity index is 2.11. The Morgan fingerprint density at radius 3 is 2.72 bits per heavy atom. The largest absolute Gasteiger partial charge is 0.496 e. The van der Waals surface area contributed by atoms with Crippen molar-refractivity contribution in [1.29, 1.82) is 0 Å². The fourth-order valence-electron chi connectivity index (χ4n) is 1.63. The third kappa shape index (κ3) is 3.21. The van der Waals surface area contributed by atoms with Gasteiger partial charge in [0.05, 0.1) is 7.11 Å². The molecule has 0 heterocycles. The second kappa shape index (κ2) is 6.16. The smallest absolute Gasteiger partial charge is 0.122 e. The van der Waals surface area contributed by atoms with E-state index in [1.807, 2.05) is 36.4 Å². The van der Waals surface area contributed by atoms with E-state index in [1.165, 1.54) is 5.56 Å². The van der Waals surface area contributed by atoms with Crippen LogP contribution >= 0.6 is 27.7 Å². The van der Waals surface area contributed by atoms with E-state index >= 15 is 0 Å². The second-order valence-corrected chi connectivity index (χ2v) is 5.72. The average Bonchev–Trinajstić information content (AvgIpc) is 2.38. The zero-order chi connectivity index (χ0) is 13.0. The van der Waals surface area contributed by atoms with Gasteiger partial charge in [0.15, 0.2) is 0 Å². The van der Waals surface area contributed by atoms with Gasteiger partial charge in [0.25, 0.3) is 0 Å². The van der Waals surface area contributed by atoms with Gasteiger partial charge in [-0.05, 0) is 24.3 Å². The first-order valence-corrected chi connectivity index (χ1v) is 7.28. The lowest BCUT2D eigenvalue weighted by molar-refractivity contribution is 0.411. The van der Waals surface area contributed by atoms with Crippen molar-refractivity contribution in [2.45, 2.75) is 10.6 Å². The molecule has 0 spiro atoms. The van der Waals surface area contributed by atoms with Gasteiger partial charge >= 0.3 is 0 Å². The van der Waals surface area contributed by atoms with Crippen molar-refractivity contribution in [2.75, 3.05) is 12.8 Å². The fourth-order valence-corrected chi connectivity index (χ4v) is 2.95. The molecule has 2 aromatic rings. The van der Waals surface area contributed by atoms with Crippen LogP contribution in [0.25, 0.3) is 0 Å². The van der Waals surface area contributed by atoms with Crippen molar-refractivity contribution in [2.24, 2.45) is 0 Å². The molecule has 18 heavy (non-hydrogen) atoms. The maximum atomic E-state index is 5.97. The molecule has 94 valence electrons. The first-order chi connectivity index (χ1) is 8.70. The molecule has 4 heteroatoms. The van der Waals surface area contributed by atoms with E-state index in [2.05, 4.69) is 22.0 Å². The van der Waals surface area contributed by atoms with Crippen LogP contribution in [0.4, 0.5) is 5.69 Å². The highest BCUT2D eigenvalue weighted by Crippen LogP contribution is 2.32. The number of rotatable bonds is 4. The van der Waals surface area contributed by atoms with Crippen LogP contribution in [0.2, 0.25) is 0 Å². The fraction of sp³-hybridized carbons (Fsp3) is 0.143. The van der Waals surface area contributed by atoms with Gasteiger partial charge in [-0.2, -0.15) is 0 Å². The number of benzene rings is 2. The van der Waals surface area contributed by atoms with Gasteiger partial charge < -0.3 is 10.5 Å². The van der Waals surface area contributed by atoms with Crippen molar-refractivity contribution in [3.05, 3.63) is 52.5 Å². The summed E-state index contributed by atoms with van der Waals surface area (Å²) in [4.78, 5) is 1.09. The molecule has 0 saturated carbocycles. The molecule has 2 rings (SSSR count). The van der Waals surface area contributed by atoms with Crippen LogP contribution in [0.3, 0.4) is 0 Å². The molecule has 0 bridgehead atoms. The van der Waals surface area contributed by atoms with Crippen LogP contribution in [-0.4, -0.2) is 7.11 Å². The molecule has 0 aliphatic rings. The summed E-state index contributed by atoms with van der Waals surface area (Å²) >= 11 is 5.12. The third-order valence-corrected chi connectivity index (χ3v) is 4.18. The lowest BCUT2D eigenvalue weighted by Crippen LogP contribution is -1.91. The van der Waals surface area contributed by atoms with Gasteiger partial charge in [0, 0.05) is 26.4 Å². The Morgan fingerprint density at radius 2 is 2.00 bits per heavy atom. The highest BCUT2D eigenvalue weighted by atomic mass is 79.9. The summed E-state index contributed by atoms with van der Waals surface area (Å²) in [5.41, 5.74) is 7.94. The van der Waals surface area contributed by atoms with Gasteiger partial charge in [-0.25, -0.2) is 0 Å². The van der Waals surface area contributed by atoms with Crippen LogP contribution in [-0.2, 0) is 5.75 Å². The molecular weight excluding hydrogens is 310 g/mol. The summed E-state index contributed by atoms with van der Waals surface area (Å²) in [7, 11) is 1.69. The predicted molar refractivity (Wildman–Crippen MR) is 81.1 cm³/mol. The number of hydrogen-bond acceptors (Lipinski definition) is 3. The molecule has 2 aromatic carbocycles. The molecule has 0 atom stereocenters. The number of anilines is 1. The molecule has 2 N–H and O–H groups in total. The van der Waals surface area contributed by atoms with E-state index in [0.717, 1.165) is 26.6 Å². The van der Waals surface area contributed by atoms with Gasteiger partial charge in [-0.3, -0.25) is 0 Å². The summed E-state index contributed by atoms with van der Waals surface area (Å²) in [6, 6.07) is 14.0. The Labute approximate surface area is 120 Å². The molecule has 0 saturated heterocycles. The summed E-state index contributed by atoms with van der Waals surface area (Å²) in [6.45, 7) is 0. The van der Waals surface area contributed by atoms with Crippen LogP contribution in [0.5, 0.6) is 5.75 Å². The van der Waals surface area contributed by atoms with E-state index in [-0.39, 0.29) is 0 Å². The Bertz CT molecular complexity index is 545. The molecule has 0 amide bonds. The van der Waals surface area contributed by atoms with Crippen LogP contribution in [0.1, 0.15) is 5.56 Å². The van der Waals surface area contributed by atoms with Crippen molar-refractivity contribution in [3.63, 3.8) is 0 Å². The molecule has 0 radical (unpaired) electrons. The maximum absolute atomic E-state index is 5.97. The minimum atomic E-state index is 0.796. The Hall–Kier alpha value is -1.13. The van der Waals surface area contributed by atoms with Crippen LogP contribution in [0, 0.1) is 0 Å². The van der Waals surface area contributed by atoms with E-state index in [9.17, 15) is 0 Å². The molecule has 2 nitrogen and oxygen atoms in total. The first kappa shape index (κ1) is 13.3. The lowest BCUT2D eigenvalue weighted by Gasteiger charge is -2.09. The van der Waals surface area contributed by atoms with E-state index in [4.69, 9.17) is 10.5 Å². The number of ether oxygens (including phenoxy) is 1. The number of para-hydroxylation sites is 1. The summed E-state index contributed by atoms with van der Waals surface area (Å²) in [5, 5.41) is 0. The van der Waals surface area contributed by atoms with Crippen LogP contribution in [0.15, 0.2) is 51.8 Å². The summed E-state index contributed by atoms with van der Waals surface area (Å²) < 4.78 is 6.33. The maximum Gasteiger partial charge on any atom is 0.122 e. The van der Waals surface area contributed by atoms with Gasteiger partial charge in [-0.15, -0.1) is 11.8 Å². The number of hydrogen-bond donors (Lipinski definition) is 1. The Morgan fingerprint density at radius 1 is 1.22 bits per heavy atom. The first-order valence-electron chi connectivity index (χ1n) is 5.50. The van der Waals surface area contributed by atoms with E-state index < -0.39 is 0 Å². The number of nitrogens with two attached hydrogens (primary N) is 1. The quantitative estimate of drug-likeness (QED) is 0.671. The zero-order valence-electron chi connectivity index (χ0n) is 10.0. The molecule has 0 fully saturated rings. The number of halogens is 1. The van der Waals surface area contributed by atoms with Gasteiger partial charge in [0.2, 0.25) is 0 Å². The minimum Gasteiger partial charge on any atom is -0.496 e. The van der Waals surface area contributed by atoms with E-state index in [1.54, 1.807) is 18.9 Å². The van der Waals surface area contributed by atoms with Crippen molar-refractivity contribution in [3.8, 4) is 5.75 Å². The van der Waals surface area contributed by atoms with Crippen molar-refractivity contribution >= 4 is 33.4 Å². The average molecular weight is 324 g/mol. The zero-order valence-corrected chi connectivity index (χ0v) is 12.4. The topological polar surface area (TPSA) is 35.2 Å². The van der Waals surface area contributed by atoms with Gasteiger partial charge in [-0.1, -0.05) is 34.1 Å². The number of methoxy groups -OCH3 is 1. The number of thioether (sulfide) groups is 1. The second-order valence-electron chi connectivity index (χ2n) is 3.78. The number of nitrogen functional groups attached to an aromatic ring is 1. The van der Waals surface area contributed by atoms with Gasteiger partial charge in [0.1, 0.15) is 5.75 Å². The standard InChI is InChI=1S/C14H14BrNOS/c1-17-13-5-3-2-4-10(13)9-18-14-7-6-11(15)8-12(14)16/h2-8H,9,16H2,1H3. The molecule has 0 unspecified atom stereocenters. The van der Waals surface area contributed by atoms with Crippen LogP contribution < -0.4 is 10.5 Å². The van der Waals surface area contributed by atoms with E-state index in [0.29, 0.717) is 0 Å². The molecule has 0 aliphatic heterocycles. The highest BCUT2D eigenvalue weighted by molar-refractivity contribution is 9.10.